The van der Waals surface area contributed by atoms with Gasteiger partial charge in [-0.2, -0.15) is 0 Å². The van der Waals surface area contributed by atoms with Crippen LogP contribution in [-0.2, 0) is 6.54 Å². The first-order valence-electron chi connectivity index (χ1n) is 7.54. The molecule has 0 saturated carbocycles. The van der Waals surface area contributed by atoms with Crippen LogP contribution in [0.4, 0.5) is 0 Å². The molecule has 118 valence electrons. The SMILES string of the molecule is CCn1c2ccc(C(C)=NO)cc2c2cc(C(C)=NO)ccc21. The van der Waals surface area contributed by atoms with Gasteiger partial charge in [0.1, 0.15) is 0 Å². The van der Waals surface area contributed by atoms with Crippen molar-refractivity contribution in [2.45, 2.75) is 27.3 Å². The Labute approximate surface area is 134 Å². The van der Waals surface area contributed by atoms with E-state index in [2.05, 4.69) is 33.9 Å². The van der Waals surface area contributed by atoms with Crippen LogP contribution in [0.2, 0.25) is 0 Å². The first-order valence-corrected chi connectivity index (χ1v) is 7.54. The standard InChI is InChI=1S/C18H19N3O2/c1-4-21-17-7-5-13(11(2)19-22)9-15(17)16-10-14(12(3)20-23)6-8-18(16)21/h5-10,22-23H,4H2,1-3H3. The zero-order valence-electron chi connectivity index (χ0n) is 13.4. The second kappa shape index (κ2) is 5.76. The Kier molecular flexibility index (Phi) is 3.78. The minimum Gasteiger partial charge on any atom is -0.411 e. The van der Waals surface area contributed by atoms with Crippen LogP contribution in [0.25, 0.3) is 21.8 Å². The van der Waals surface area contributed by atoms with Crippen LogP contribution < -0.4 is 0 Å². The van der Waals surface area contributed by atoms with E-state index in [1.807, 2.05) is 24.3 Å². The van der Waals surface area contributed by atoms with Crippen molar-refractivity contribution in [2.24, 2.45) is 10.3 Å². The van der Waals surface area contributed by atoms with E-state index in [-0.39, 0.29) is 0 Å². The van der Waals surface area contributed by atoms with Crippen molar-refractivity contribution in [1.29, 1.82) is 0 Å². The van der Waals surface area contributed by atoms with Crippen LogP contribution in [0.5, 0.6) is 0 Å². The van der Waals surface area contributed by atoms with E-state index in [4.69, 9.17) is 10.4 Å². The minimum absolute atomic E-state index is 0.577. The first kappa shape index (κ1) is 15.1. The molecular weight excluding hydrogens is 290 g/mol. The molecule has 2 N–H and O–H groups in total. The lowest BCUT2D eigenvalue weighted by atomic mass is 10.0. The number of aryl methyl sites for hydroxylation is 1. The molecule has 0 saturated heterocycles. The molecule has 3 rings (SSSR count). The van der Waals surface area contributed by atoms with Gasteiger partial charge < -0.3 is 15.0 Å². The molecule has 0 aliphatic carbocycles. The topological polar surface area (TPSA) is 70.1 Å². The van der Waals surface area contributed by atoms with Crippen LogP contribution in [0.1, 0.15) is 31.9 Å². The fourth-order valence-electron chi connectivity index (χ4n) is 3.01. The van der Waals surface area contributed by atoms with E-state index < -0.39 is 0 Å². The van der Waals surface area contributed by atoms with E-state index in [1.165, 1.54) is 0 Å². The normalized spacial score (nSPS) is 13.2. The van der Waals surface area contributed by atoms with Gasteiger partial charge in [-0.05, 0) is 56.2 Å². The quantitative estimate of drug-likeness (QED) is 0.432. The monoisotopic (exact) mass is 309 g/mol. The summed E-state index contributed by atoms with van der Waals surface area (Å²) in [4.78, 5) is 0. The number of fused-ring (bicyclic) bond motifs is 3. The van der Waals surface area contributed by atoms with E-state index in [9.17, 15) is 0 Å². The van der Waals surface area contributed by atoms with E-state index in [0.717, 1.165) is 39.5 Å². The highest BCUT2D eigenvalue weighted by molar-refractivity contribution is 6.13. The molecule has 2 aromatic carbocycles. The Balaban J connectivity index is 2.39. The Bertz CT molecular complexity index is 876. The van der Waals surface area contributed by atoms with Crippen LogP contribution >= 0.6 is 0 Å². The van der Waals surface area contributed by atoms with Crippen LogP contribution in [-0.4, -0.2) is 26.4 Å². The third kappa shape index (κ3) is 2.34. The second-order valence-electron chi connectivity index (χ2n) is 5.58. The van der Waals surface area contributed by atoms with Gasteiger partial charge in [0.15, 0.2) is 0 Å². The van der Waals surface area contributed by atoms with E-state index in [0.29, 0.717) is 11.4 Å². The van der Waals surface area contributed by atoms with Crippen molar-refractivity contribution < 1.29 is 10.4 Å². The molecule has 1 aromatic heterocycles. The van der Waals surface area contributed by atoms with E-state index >= 15 is 0 Å². The summed E-state index contributed by atoms with van der Waals surface area (Å²) in [6.45, 7) is 6.52. The highest BCUT2D eigenvalue weighted by Crippen LogP contribution is 2.31. The maximum Gasteiger partial charge on any atom is 0.0837 e. The minimum atomic E-state index is 0.577. The third-order valence-electron chi connectivity index (χ3n) is 4.32. The molecule has 5 heteroatoms. The maximum absolute atomic E-state index is 9.01. The fraction of sp³-hybridized carbons (Fsp3) is 0.222. The predicted octanol–water partition coefficient (Wildman–Crippen LogP) is 4.21. The van der Waals surface area contributed by atoms with Gasteiger partial charge in [0.2, 0.25) is 0 Å². The summed E-state index contributed by atoms with van der Waals surface area (Å²) in [6.07, 6.45) is 0. The van der Waals surface area contributed by atoms with Crippen molar-refractivity contribution in [2.75, 3.05) is 0 Å². The lowest BCUT2D eigenvalue weighted by Crippen LogP contribution is -1.96. The van der Waals surface area contributed by atoms with Crippen LogP contribution in [0, 0.1) is 0 Å². The zero-order valence-corrected chi connectivity index (χ0v) is 13.4. The molecule has 1 heterocycles. The van der Waals surface area contributed by atoms with Gasteiger partial charge >= 0.3 is 0 Å². The molecule has 0 fully saturated rings. The highest BCUT2D eigenvalue weighted by atomic mass is 16.4. The molecule has 0 atom stereocenters. The molecule has 0 aliphatic rings. The van der Waals surface area contributed by atoms with Gasteiger partial charge in [-0.25, -0.2) is 0 Å². The Morgan fingerprint density at radius 1 is 0.870 bits per heavy atom. The molecule has 3 aromatic rings. The molecule has 0 spiro atoms. The maximum atomic E-state index is 9.01. The molecule has 0 unspecified atom stereocenters. The largest absolute Gasteiger partial charge is 0.411 e. The summed E-state index contributed by atoms with van der Waals surface area (Å²) in [5.41, 5.74) is 5.18. The average molecular weight is 309 g/mol. The number of benzene rings is 2. The fourth-order valence-corrected chi connectivity index (χ4v) is 3.01. The number of hydrogen-bond donors (Lipinski definition) is 2. The number of rotatable bonds is 3. The van der Waals surface area contributed by atoms with Crippen molar-refractivity contribution in [3.63, 3.8) is 0 Å². The number of hydrogen-bond acceptors (Lipinski definition) is 4. The second-order valence-corrected chi connectivity index (χ2v) is 5.58. The number of aromatic nitrogens is 1. The summed E-state index contributed by atoms with van der Waals surface area (Å²) >= 11 is 0. The molecule has 5 nitrogen and oxygen atoms in total. The molecule has 0 radical (unpaired) electrons. The van der Waals surface area contributed by atoms with Gasteiger partial charge in [-0.15, -0.1) is 0 Å². The van der Waals surface area contributed by atoms with Gasteiger partial charge in [0.05, 0.1) is 11.4 Å². The Morgan fingerprint density at radius 3 is 1.65 bits per heavy atom. The molecule has 23 heavy (non-hydrogen) atoms. The van der Waals surface area contributed by atoms with Gasteiger partial charge in [0, 0.05) is 28.4 Å². The summed E-state index contributed by atoms with van der Waals surface area (Å²) in [5, 5.41) is 26.8. The summed E-state index contributed by atoms with van der Waals surface area (Å²) in [7, 11) is 0. The van der Waals surface area contributed by atoms with Gasteiger partial charge in [-0.1, -0.05) is 22.4 Å². The van der Waals surface area contributed by atoms with Crippen LogP contribution in [0.15, 0.2) is 46.7 Å². The third-order valence-corrected chi connectivity index (χ3v) is 4.32. The lowest BCUT2D eigenvalue weighted by Gasteiger charge is -2.04. The lowest BCUT2D eigenvalue weighted by molar-refractivity contribution is 0.319. The Morgan fingerprint density at radius 2 is 1.30 bits per heavy atom. The summed E-state index contributed by atoms with van der Waals surface area (Å²) < 4.78 is 2.25. The smallest absolute Gasteiger partial charge is 0.0837 e. The van der Waals surface area contributed by atoms with Crippen molar-refractivity contribution >= 4 is 33.2 Å². The average Bonchev–Trinajstić information content (AvgIpc) is 2.92. The first-order chi connectivity index (χ1) is 11.1. The van der Waals surface area contributed by atoms with Crippen molar-refractivity contribution in [3.8, 4) is 0 Å². The van der Waals surface area contributed by atoms with Gasteiger partial charge in [0.25, 0.3) is 0 Å². The summed E-state index contributed by atoms with van der Waals surface area (Å²) in [6, 6.07) is 12.1. The van der Waals surface area contributed by atoms with E-state index in [1.54, 1.807) is 13.8 Å². The molecular formula is C18H19N3O2. The highest BCUT2D eigenvalue weighted by Gasteiger charge is 2.12. The van der Waals surface area contributed by atoms with Crippen molar-refractivity contribution in [3.05, 3.63) is 47.5 Å². The molecule has 0 amide bonds. The Hall–Kier alpha value is -2.82. The molecule has 0 aliphatic heterocycles. The number of oxime groups is 2. The van der Waals surface area contributed by atoms with Crippen molar-refractivity contribution in [1.82, 2.24) is 4.57 Å². The summed E-state index contributed by atoms with van der Waals surface area (Å²) in [5.74, 6) is 0. The predicted molar refractivity (Wildman–Crippen MR) is 93.1 cm³/mol. The number of nitrogens with zero attached hydrogens (tertiary/aromatic N) is 3. The van der Waals surface area contributed by atoms with Gasteiger partial charge in [-0.3, -0.25) is 0 Å². The van der Waals surface area contributed by atoms with Crippen LogP contribution in [0.3, 0.4) is 0 Å². The molecule has 0 bridgehead atoms. The zero-order chi connectivity index (χ0) is 16.6.